The van der Waals surface area contributed by atoms with Gasteiger partial charge < -0.3 is 10.2 Å². The molecule has 3 rings (SSSR count). The van der Waals surface area contributed by atoms with E-state index in [9.17, 15) is 19.7 Å². The quantitative estimate of drug-likeness (QED) is 0.609. The second kappa shape index (κ2) is 8.18. The van der Waals surface area contributed by atoms with Crippen LogP contribution in [0.5, 0.6) is 0 Å². The molecule has 1 fully saturated rings. The number of nitrogens with one attached hydrogen (secondary N) is 1. The minimum absolute atomic E-state index is 0.0341. The third kappa shape index (κ3) is 4.62. The van der Waals surface area contributed by atoms with Gasteiger partial charge >= 0.3 is 0 Å². The van der Waals surface area contributed by atoms with Crippen LogP contribution in [0.1, 0.15) is 22.3 Å². The van der Waals surface area contributed by atoms with Crippen LogP contribution in [0.2, 0.25) is 5.02 Å². The molecule has 1 aliphatic rings. The van der Waals surface area contributed by atoms with Crippen LogP contribution in [0.25, 0.3) is 0 Å². The third-order valence-corrected chi connectivity index (χ3v) is 4.70. The van der Waals surface area contributed by atoms with Crippen LogP contribution in [0, 0.1) is 16.0 Å². The molecule has 0 radical (unpaired) electrons. The van der Waals surface area contributed by atoms with Crippen molar-refractivity contribution in [2.24, 2.45) is 5.92 Å². The topological polar surface area (TPSA) is 92.6 Å². The van der Waals surface area contributed by atoms with Crippen LogP contribution in [-0.2, 0) is 11.3 Å². The van der Waals surface area contributed by atoms with Gasteiger partial charge in [0, 0.05) is 43.1 Å². The first kappa shape index (κ1) is 18.8. The van der Waals surface area contributed by atoms with Gasteiger partial charge in [-0.05, 0) is 17.7 Å². The summed E-state index contributed by atoms with van der Waals surface area (Å²) in [6.45, 7) is 1.33. The van der Waals surface area contributed by atoms with Gasteiger partial charge in [-0.25, -0.2) is 0 Å². The fraction of sp³-hybridized carbons (Fsp3) is 0.263. The molecule has 0 aliphatic carbocycles. The van der Waals surface area contributed by atoms with Crippen molar-refractivity contribution in [1.82, 2.24) is 10.2 Å². The number of hydrogen-bond acceptors (Lipinski definition) is 4. The highest BCUT2D eigenvalue weighted by molar-refractivity contribution is 6.31. The van der Waals surface area contributed by atoms with Gasteiger partial charge in [0.25, 0.3) is 11.6 Å². The highest BCUT2D eigenvalue weighted by Gasteiger charge is 2.30. The maximum atomic E-state index is 12.4. The monoisotopic (exact) mass is 387 g/mol. The molecular formula is C19H18ClN3O4. The van der Waals surface area contributed by atoms with Gasteiger partial charge in [-0.2, -0.15) is 0 Å². The lowest BCUT2D eigenvalue weighted by Crippen LogP contribution is -2.31. The summed E-state index contributed by atoms with van der Waals surface area (Å²) in [5, 5.41) is 14.0. The van der Waals surface area contributed by atoms with E-state index >= 15 is 0 Å². The SMILES string of the molecule is O=C(NCC1CC(=O)N(Cc2ccccc2)C1)c1cc(Cl)ccc1[N+](=O)[O-]. The van der Waals surface area contributed by atoms with Crippen LogP contribution >= 0.6 is 11.6 Å². The molecule has 2 amide bonds. The van der Waals surface area contributed by atoms with E-state index < -0.39 is 10.8 Å². The maximum Gasteiger partial charge on any atom is 0.282 e. The molecule has 0 bridgehead atoms. The number of nitro benzene ring substituents is 1. The molecule has 2 aromatic rings. The second-order valence-corrected chi connectivity index (χ2v) is 6.90. The number of benzene rings is 2. The third-order valence-electron chi connectivity index (χ3n) is 4.46. The van der Waals surface area contributed by atoms with Crippen molar-refractivity contribution in [3.63, 3.8) is 0 Å². The molecule has 1 N–H and O–H groups in total. The lowest BCUT2D eigenvalue weighted by molar-refractivity contribution is -0.385. The predicted octanol–water partition coefficient (Wildman–Crippen LogP) is 3.03. The largest absolute Gasteiger partial charge is 0.351 e. The minimum Gasteiger partial charge on any atom is -0.351 e. The zero-order valence-electron chi connectivity index (χ0n) is 14.4. The van der Waals surface area contributed by atoms with Crippen molar-refractivity contribution >= 4 is 29.1 Å². The fourth-order valence-corrected chi connectivity index (χ4v) is 3.30. The van der Waals surface area contributed by atoms with Crippen LogP contribution in [-0.4, -0.2) is 34.7 Å². The van der Waals surface area contributed by atoms with Crippen molar-refractivity contribution in [3.8, 4) is 0 Å². The first-order valence-electron chi connectivity index (χ1n) is 8.48. The van der Waals surface area contributed by atoms with E-state index in [0.29, 0.717) is 19.5 Å². The van der Waals surface area contributed by atoms with Crippen LogP contribution in [0.4, 0.5) is 5.69 Å². The summed E-state index contributed by atoms with van der Waals surface area (Å²) in [6, 6.07) is 13.5. The molecule has 0 aromatic heterocycles. The summed E-state index contributed by atoms with van der Waals surface area (Å²) in [5.74, 6) is -0.576. The standard InChI is InChI=1S/C19H18ClN3O4/c20-15-6-7-17(23(26)27)16(9-15)19(25)21-10-14-8-18(24)22(12-14)11-13-4-2-1-3-5-13/h1-7,9,14H,8,10-12H2,(H,21,25). The Kier molecular flexibility index (Phi) is 5.71. The number of halogens is 1. The zero-order valence-corrected chi connectivity index (χ0v) is 15.2. The molecule has 8 heteroatoms. The smallest absolute Gasteiger partial charge is 0.282 e. The summed E-state index contributed by atoms with van der Waals surface area (Å²) in [6.07, 6.45) is 0.338. The Hall–Kier alpha value is -2.93. The molecular weight excluding hydrogens is 370 g/mol. The van der Waals surface area contributed by atoms with E-state index in [1.807, 2.05) is 30.3 Å². The molecule has 7 nitrogen and oxygen atoms in total. The molecule has 0 spiro atoms. The molecule has 27 heavy (non-hydrogen) atoms. The van der Waals surface area contributed by atoms with E-state index in [1.165, 1.54) is 18.2 Å². The second-order valence-electron chi connectivity index (χ2n) is 6.46. The van der Waals surface area contributed by atoms with E-state index in [-0.39, 0.29) is 34.6 Å². The van der Waals surface area contributed by atoms with Crippen molar-refractivity contribution in [3.05, 3.63) is 74.8 Å². The molecule has 2 aromatic carbocycles. The zero-order chi connectivity index (χ0) is 19.4. The number of rotatable bonds is 6. The van der Waals surface area contributed by atoms with Gasteiger partial charge in [0.05, 0.1) is 4.92 Å². The number of nitrogens with zero attached hydrogens (tertiary/aromatic N) is 2. The number of carbonyl (C=O) groups excluding carboxylic acids is 2. The van der Waals surface area contributed by atoms with Crippen molar-refractivity contribution in [2.75, 3.05) is 13.1 Å². The lowest BCUT2D eigenvalue weighted by atomic mass is 10.1. The minimum atomic E-state index is -0.619. The molecule has 0 saturated carbocycles. The molecule has 1 atom stereocenters. The predicted molar refractivity (Wildman–Crippen MR) is 100 cm³/mol. The molecule has 1 aliphatic heterocycles. The average Bonchev–Trinajstić information content (AvgIpc) is 2.99. The highest BCUT2D eigenvalue weighted by atomic mass is 35.5. The normalized spacial score (nSPS) is 16.4. The lowest BCUT2D eigenvalue weighted by Gasteiger charge is -2.17. The van der Waals surface area contributed by atoms with Gasteiger partial charge in [-0.3, -0.25) is 19.7 Å². The van der Waals surface area contributed by atoms with Gasteiger partial charge in [0.15, 0.2) is 0 Å². The Bertz CT molecular complexity index is 873. The molecule has 1 unspecified atom stereocenters. The number of carbonyl (C=O) groups is 2. The highest BCUT2D eigenvalue weighted by Crippen LogP contribution is 2.23. The number of nitro groups is 1. The Morgan fingerprint density at radius 2 is 2.00 bits per heavy atom. The molecule has 1 saturated heterocycles. The number of amides is 2. The van der Waals surface area contributed by atoms with Crippen LogP contribution in [0.3, 0.4) is 0 Å². The molecule has 140 valence electrons. The van der Waals surface area contributed by atoms with Crippen LogP contribution < -0.4 is 5.32 Å². The summed E-state index contributed by atoms with van der Waals surface area (Å²) in [7, 11) is 0. The first-order valence-corrected chi connectivity index (χ1v) is 8.85. The summed E-state index contributed by atoms with van der Waals surface area (Å²) >= 11 is 5.85. The maximum absolute atomic E-state index is 12.4. The van der Waals surface area contributed by atoms with E-state index in [2.05, 4.69) is 5.32 Å². The Morgan fingerprint density at radius 1 is 1.26 bits per heavy atom. The van der Waals surface area contributed by atoms with E-state index in [1.54, 1.807) is 4.90 Å². The van der Waals surface area contributed by atoms with Crippen molar-refractivity contribution < 1.29 is 14.5 Å². The first-order chi connectivity index (χ1) is 12.9. The number of likely N-dealkylation sites (tertiary alicyclic amines) is 1. The Labute approximate surface area is 161 Å². The van der Waals surface area contributed by atoms with Crippen molar-refractivity contribution in [1.29, 1.82) is 0 Å². The average molecular weight is 388 g/mol. The molecule has 1 heterocycles. The summed E-state index contributed by atoms with van der Waals surface area (Å²) < 4.78 is 0. The van der Waals surface area contributed by atoms with Gasteiger partial charge in [0.2, 0.25) is 5.91 Å². The summed E-state index contributed by atoms with van der Waals surface area (Å²) in [5.41, 5.74) is 0.660. The fourth-order valence-electron chi connectivity index (χ4n) is 3.13. The van der Waals surface area contributed by atoms with Gasteiger partial charge in [-0.15, -0.1) is 0 Å². The van der Waals surface area contributed by atoms with Gasteiger partial charge in [-0.1, -0.05) is 41.9 Å². The van der Waals surface area contributed by atoms with E-state index in [4.69, 9.17) is 11.6 Å². The summed E-state index contributed by atoms with van der Waals surface area (Å²) in [4.78, 5) is 36.8. The van der Waals surface area contributed by atoms with Crippen LogP contribution in [0.15, 0.2) is 48.5 Å². The Balaban J connectivity index is 1.59. The van der Waals surface area contributed by atoms with Crippen molar-refractivity contribution in [2.45, 2.75) is 13.0 Å². The van der Waals surface area contributed by atoms with Gasteiger partial charge in [0.1, 0.15) is 5.56 Å². The number of hydrogen-bond donors (Lipinski definition) is 1. The van der Waals surface area contributed by atoms with E-state index in [0.717, 1.165) is 5.56 Å². The Morgan fingerprint density at radius 3 is 2.70 bits per heavy atom.